The van der Waals surface area contributed by atoms with Crippen molar-refractivity contribution in [3.63, 3.8) is 0 Å². The summed E-state index contributed by atoms with van der Waals surface area (Å²) in [6, 6.07) is 12.0. The molecule has 1 atom stereocenters. The van der Waals surface area contributed by atoms with Crippen LogP contribution in [0.2, 0.25) is 0 Å². The molecular formula is C22H31FIN5O2. The molecule has 1 aliphatic heterocycles. The molecule has 1 saturated heterocycles. The SMILES string of the molecule is CCNC(=NCC(O)COc1ccc(F)cc1)NC1CCN(c2ccccn2)CC1.I. The smallest absolute Gasteiger partial charge is 0.191 e. The van der Waals surface area contributed by atoms with E-state index in [-0.39, 0.29) is 42.9 Å². The van der Waals surface area contributed by atoms with Gasteiger partial charge in [0, 0.05) is 31.9 Å². The Kier molecular flexibility index (Phi) is 10.8. The summed E-state index contributed by atoms with van der Waals surface area (Å²) in [5.41, 5.74) is 0. The van der Waals surface area contributed by atoms with Gasteiger partial charge in [0.25, 0.3) is 0 Å². The Balaban J connectivity index is 0.00000341. The molecule has 1 fully saturated rings. The molecule has 0 bridgehead atoms. The number of hydrogen-bond donors (Lipinski definition) is 3. The van der Waals surface area contributed by atoms with Crippen LogP contribution in [0.5, 0.6) is 5.75 Å². The summed E-state index contributed by atoms with van der Waals surface area (Å²) in [6.07, 6.45) is 3.03. The molecule has 2 heterocycles. The second-order valence-electron chi connectivity index (χ2n) is 7.23. The highest BCUT2D eigenvalue weighted by molar-refractivity contribution is 14.0. The molecule has 7 nitrogen and oxygen atoms in total. The maximum atomic E-state index is 12.9. The number of benzene rings is 1. The summed E-state index contributed by atoms with van der Waals surface area (Å²) in [5, 5.41) is 16.9. The van der Waals surface area contributed by atoms with Crippen molar-refractivity contribution < 1.29 is 14.2 Å². The molecule has 1 aliphatic rings. The lowest BCUT2D eigenvalue weighted by molar-refractivity contribution is 0.114. The fourth-order valence-corrected chi connectivity index (χ4v) is 3.28. The van der Waals surface area contributed by atoms with E-state index in [4.69, 9.17) is 4.74 Å². The van der Waals surface area contributed by atoms with Crippen LogP contribution in [0.3, 0.4) is 0 Å². The highest BCUT2D eigenvalue weighted by Crippen LogP contribution is 2.17. The number of guanidine groups is 1. The monoisotopic (exact) mass is 543 g/mol. The first-order valence-corrected chi connectivity index (χ1v) is 10.4. The van der Waals surface area contributed by atoms with Crippen LogP contribution in [-0.4, -0.2) is 61.0 Å². The number of anilines is 1. The minimum Gasteiger partial charge on any atom is -0.491 e. The zero-order chi connectivity index (χ0) is 21.2. The summed E-state index contributed by atoms with van der Waals surface area (Å²) in [6.45, 7) is 4.92. The average Bonchev–Trinajstić information content (AvgIpc) is 2.78. The molecule has 170 valence electrons. The molecular weight excluding hydrogens is 512 g/mol. The van der Waals surface area contributed by atoms with Gasteiger partial charge in [-0.2, -0.15) is 0 Å². The van der Waals surface area contributed by atoms with E-state index >= 15 is 0 Å². The van der Waals surface area contributed by atoms with Crippen LogP contribution in [0.4, 0.5) is 10.2 Å². The molecule has 1 unspecified atom stereocenters. The number of hydrogen-bond acceptors (Lipinski definition) is 5. The molecule has 3 N–H and O–H groups in total. The maximum Gasteiger partial charge on any atom is 0.191 e. The Labute approximate surface area is 200 Å². The number of aliphatic hydroxyl groups excluding tert-OH is 1. The van der Waals surface area contributed by atoms with Gasteiger partial charge in [0.1, 0.15) is 30.1 Å². The zero-order valence-corrected chi connectivity index (χ0v) is 20.0. The van der Waals surface area contributed by atoms with Gasteiger partial charge in [-0.25, -0.2) is 9.37 Å². The molecule has 0 saturated carbocycles. The zero-order valence-electron chi connectivity index (χ0n) is 17.7. The van der Waals surface area contributed by atoms with Crippen LogP contribution in [-0.2, 0) is 0 Å². The molecule has 3 rings (SSSR count). The molecule has 0 amide bonds. The van der Waals surface area contributed by atoms with Crippen LogP contribution in [0.1, 0.15) is 19.8 Å². The number of pyridine rings is 1. The third kappa shape index (κ3) is 8.48. The van der Waals surface area contributed by atoms with E-state index in [0.717, 1.165) is 38.3 Å². The summed E-state index contributed by atoms with van der Waals surface area (Å²) in [5.74, 6) is 1.90. The Morgan fingerprint density at radius 1 is 1.26 bits per heavy atom. The van der Waals surface area contributed by atoms with Crippen LogP contribution in [0.15, 0.2) is 53.7 Å². The van der Waals surface area contributed by atoms with Crippen molar-refractivity contribution in [2.75, 3.05) is 37.7 Å². The Bertz CT molecular complexity index is 786. The summed E-state index contributed by atoms with van der Waals surface area (Å²) in [7, 11) is 0. The molecule has 31 heavy (non-hydrogen) atoms. The lowest BCUT2D eigenvalue weighted by atomic mass is 10.1. The van der Waals surface area contributed by atoms with Crippen LogP contribution < -0.4 is 20.3 Å². The van der Waals surface area contributed by atoms with E-state index in [2.05, 4.69) is 25.5 Å². The van der Waals surface area contributed by atoms with Gasteiger partial charge >= 0.3 is 0 Å². The number of halogens is 2. The van der Waals surface area contributed by atoms with Gasteiger partial charge in [-0.15, -0.1) is 24.0 Å². The first kappa shape index (κ1) is 25.1. The Hall–Kier alpha value is -2.14. The van der Waals surface area contributed by atoms with E-state index in [0.29, 0.717) is 17.8 Å². The average molecular weight is 543 g/mol. The molecule has 9 heteroatoms. The summed E-state index contributed by atoms with van der Waals surface area (Å²) < 4.78 is 18.4. The predicted molar refractivity (Wildman–Crippen MR) is 132 cm³/mol. The number of piperidine rings is 1. The van der Waals surface area contributed by atoms with E-state index < -0.39 is 6.10 Å². The third-order valence-electron chi connectivity index (χ3n) is 4.87. The van der Waals surface area contributed by atoms with Crippen molar-refractivity contribution in [1.82, 2.24) is 15.6 Å². The van der Waals surface area contributed by atoms with Crippen molar-refractivity contribution >= 4 is 35.8 Å². The largest absolute Gasteiger partial charge is 0.491 e. The van der Waals surface area contributed by atoms with E-state index in [1.807, 2.05) is 31.3 Å². The lowest BCUT2D eigenvalue weighted by Crippen LogP contribution is -2.49. The maximum absolute atomic E-state index is 12.9. The van der Waals surface area contributed by atoms with Gasteiger partial charge in [0.05, 0.1) is 6.54 Å². The van der Waals surface area contributed by atoms with Crippen molar-refractivity contribution in [1.29, 1.82) is 0 Å². The number of aromatic nitrogens is 1. The molecule has 1 aromatic heterocycles. The normalized spacial score (nSPS) is 15.7. The minimum atomic E-state index is -0.753. The number of rotatable bonds is 8. The van der Waals surface area contributed by atoms with Crippen molar-refractivity contribution in [3.05, 3.63) is 54.5 Å². The quantitative estimate of drug-likeness (QED) is 0.270. The van der Waals surface area contributed by atoms with Crippen LogP contribution in [0.25, 0.3) is 0 Å². The second kappa shape index (κ2) is 13.3. The van der Waals surface area contributed by atoms with Crippen LogP contribution >= 0.6 is 24.0 Å². The number of nitrogens with one attached hydrogen (secondary N) is 2. The highest BCUT2D eigenvalue weighted by Gasteiger charge is 2.20. The van der Waals surface area contributed by atoms with Gasteiger partial charge in [0.15, 0.2) is 5.96 Å². The molecule has 0 radical (unpaired) electrons. The van der Waals surface area contributed by atoms with Crippen molar-refractivity contribution in [2.45, 2.75) is 31.9 Å². The van der Waals surface area contributed by atoms with Crippen LogP contribution in [0, 0.1) is 5.82 Å². The molecule has 1 aromatic carbocycles. The second-order valence-corrected chi connectivity index (χ2v) is 7.23. The standard InChI is InChI=1S/C22H30FN5O2.HI/c1-2-24-22(26-15-19(29)16-30-20-8-6-17(23)7-9-20)27-18-10-13-28(14-11-18)21-5-3-4-12-25-21;/h3-9,12,18-19,29H,2,10-11,13-16H2,1H3,(H2,24,26,27);1H. The molecule has 2 aromatic rings. The first-order chi connectivity index (χ1) is 14.6. The van der Waals surface area contributed by atoms with E-state index in [9.17, 15) is 9.50 Å². The molecule has 0 spiro atoms. The van der Waals surface area contributed by atoms with Gasteiger partial charge in [-0.1, -0.05) is 6.07 Å². The van der Waals surface area contributed by atoms with Gasteiger partial charge < -0.3 is 25.4 Å². The number of aliphatic hydroxyl groups is 1. The lowest BCUT2D eigenvalue weighted by Gasteiger charge is -2.33. The number of aliphatic imine (C=N–C) groups is 1. The topological polar surface area (TPSA) is 82.0 Å². The van der Waals surface area contributed by atoms with Crippen molar-refractivity contribution in [2.24, 2.45) is 4.99 Å². The minimum absolute atomic E-state index is 0. The van der Waals surface area contributed by atoms with Gasteiger partial charge in [-0.3, -0.25) is 4.99 Å². The first-order valence-electron chi connectivity index (χ1n) is 10.4. The number of ether oxygens (including phenoxy) is 1. The van der Waals surface area contributed by atoms with Gasteiger partial charge in [-0.05, 0) is 56.2 Å². The van der Waals surface area contributed by atoms with Crippen molar-refractivity contribution in [3.8, 4) is 5.75 Å². The van der Waals surface area contributed by atoms with E-state index in [1.165, 1.54) is 24.3 Å². The fourth-order valence-electron chi connectivity index (χ4n) is 3.28. The summed E-state index contributed by atoms with van der Waals surface area (Å²) in [4.78, 5) is 11.2. The van der Waals surface area contributed by atoms with E-state index in [1.54, 1.807) is 0 Å². The van der Waals surface area contributed by atoms with Gasteiger partial charge in [0.2, 0.25) is 0 Å². The molecule has 0 aliphatic carbocycles. The predicted octanol–water partition coefficient (Wildman–Crippen LogP) is 2.80. The third-order valence-corrected chi connectivity index (χ3v) is 4.87. The highest BCUT2D eigenvalue weighted by atomic mass is 127. The Morgan fingerprint density at radius 2 is 2.00 bits per heavy atom. The fraction of sp³-hybridized carbons (Fsp3) is 0.455. The Morgan fingerprint density at radius 3 is 2.65 bits per heavy atom. The summed E-state index contributed by atoms with van der Waals surface area (Å²) >= 11 is 0. The number of nitrogens with zero attached hydrogens (tertiary/aromatic N) is 3.